The van der Waals surface area contributed by atoms with Crippen LogP contribution in [0.2, 0.25) is 0 Å². The van der Waals surface area contributed by atoms with Crippen molar-refractivity contribution in [2.75, 3.05) is 79.4 Å². The second kappa shape index (κ2) is 48.8. The van der Waals surface area contributed by atoms with Crippen LogP contribution in [0.15, 0.2) is 309 Å². The van der Waals surface area contributed by atoms with Crippen molar-refractivity contribution in [1.82, 2.24) is 9.15 Å². The van der Waals surface area contributed by atoms with Gasteiger partial charge in [-0.3, -0.25) is 4.79 Å². The van der Waals surface area contributed by atoms with Crippen molar-refractivity contribution >= 4 is 97.4 Å². The summed E-state index contributed by atoms with van der Waals surface area (Å²) in [6.45, 7) is 17.0. The number of ether oxygens (including phenoxy) is 4. The zero-order chi connectivity index (χ0) is 103. The molecular formula is C124H114Cl4N4O17-2. The molecule has 0 fully saturated rings. The number of phenols is 1. The summed E-state index contributed by atoms with van der Waals surface area (Å²) in [5, 5.41) is 47.5. The van der Waals surface area contributed by atoms with Crippen LogP contribution in [0.3, 0.4) is 0 Å². The first-order valence-corrected chi connectivity index (χ1v) is 48.3. The Bertz CT molecular complexity index is 8590. The van der Waals surface area contributed by atoms with E-state index in [1.54, 1.807) is 54.6 Å². The highest BCUT2D eigenvalue weighted by Crippen LogP contribution is 2.48. The van der Waals surface area contributed by atoms with E-state index in [4.69, 9.17) is 32.2 Å². The summed E-state index contributed by atoms with van der Waals surface area (Å²) in [6, 6.07) is 90.5. The van der Waals surface area contributed by atoms with Crippen LogP contribution in [0.5, 0.6) is 28.7 Å². The molecule has 0 radical (unpaired) electrons. The number of carboxylic acid groups (broad SMARTS) is 3. The third-order valence-corrected chi connectivity index (χ3v) is 25.8. The van der Waals surface area contributed by atoms with Crippen LogP contribution in [-0.2, 0) is 22.3 Å². The number of carboxylic acids is 3. The maximum Gasteiger partial charge on any atom is 0.338 e. The van der Waals surface area contributed by atoms with Crippen LogP contribution in [0.25, 0.3) is 124 Å². The number of aromatic carboxylic acids is 3. The Balaban J connectivity index is 0.000000165. The van der Waals surface area contributed by atoms with Crippen molar-refractivity contribution in [2.45, 2.75) is 81.1 Å². The fourth-order valence-electron chi connectivity index (χ4n) is 18.6. The van der Waals surface area contributed by atoms with Gasteiger partial charge < -0.3 is 112 Å². The second-order valence-corrected chi connectivity index (χ2v) is 36.2. The van der Waals surface area contributed by atoms with Crippen LogP contribution < -0.4 is 115 Å². The smallest absolute Gasteiger partial charge is 0.338 e. The average molecular weight is 2070 g/mol. The second-order valence-electron chi connectivity index (χ2n) is 36.2. The van der Waals surface area contributed by atoms with Crippen molar-refractivity contribution < 1.29 is 126 Å². The minimum atomic E-state index is -1.04. The number of carbonyl (C=O) groups excluding carboxylic acids is 2. The Labute approximate surface area is 888 Å². The molecule has 762 valence electrons. The van der Waals surface area contributed by atoms with Gasteiger partial charge in [-0.2, -0.15) is 0 Å². The van der Waals surface area contributed by atoms with Crippen LogP contribution in [0, 0.1) is 13.8 Å². The zero-order valence-electron chi connectivity index (χ0n) is 85.5. The van der Waals surface area contributed by atoms with E-state index in [0.29, 0.717) is 68.9 Å². The van der Waals surface area contributed by atoms with E-state index in [9.17, 15) is 49.2 Å². The van der Waals surface area contributed by atoms with Gasteiger partial charge in [0.15, 0.2) is 5.43 Å². The van der Waals surface area contributed by atoms with Gasteiger partial charge in [-0.05, 0) is 248 Å². The number of benzene rings is 15. The number of phenolic OH excluding ortho intramolecular Hbond substituents is 1. The lowest BCUT2D eigenvalue weighted by molar-refractivity contribution is -0.00100. The van der Waals surface area contributed by atoms with Gasteiger partial charge in [-0.15, -0.1) is 0 Å². The Morgan fingerprint density at radius 2 is 0.799 bits per heavy atom. The van der Waals surface area contributed by atoms with Gasteiger partial charge in [0.05, 0.1) is 53.2 Å². The Kier molecular flexibility index (Phi) is 36.5. The molecule has 8 aliphatic rings. The molecule has 0 aromatic heterocycles. The van der Waals surface area contributed by atoms with Crippen molar-refractivity contribution in [2.24, 2.45) is 0 Å². The predicted octanol–water partition coefficient (Wildman–Crippen LogP) is 10.5. The topological polar surface area (TPSA) is 272 Å². The molecule has 21 nitrogen and oxygen atoms in total. The van der Waals surface area contributed by atoms with E-state index in [1.807, 2.05) is 254 Å². The Hall–Kier alpha value is -16.3. The maximum atomic E-state index is 12.9. The third kappa shape index (κ3) is 23.6. The minimum absolute atomic E-state index is 0. The van der Waals surface area contributed by atoms with Gasteiger partial charge in [0, 0.05) is 158 Å². The number of fused-ring (bicyclic) bond motifs is 10. The molecule has 0 saturated carbocycles. The lowest BCUT2D eigenvalue weighted by Gasteiger charge is -2.24. The van der Waals surface area contributed by atoms with E-state index in [-0.39, 0.29) is 89.4 Å². The molecule has 5 heterocycles. The summed E-state index contributed by atoms with van der Waals surface area (Å²) >= 11 is 0. The maximum absolute atomic E-state index is 12.9. The number of hydrogen-bond donors (Lipinski definition) is 4. The highest BCUT2D eigenvalue weighted by atomic mass is 35.5. The average Bonchev–Trinajstić information content (AvgIpc) is 0.736. The van der Waals surface area contributed by atoms with Gasteiger partial charge in [0.1, 0.15) is 91.0 Å². The summed E-state index contributed by atoms with van der Waals surface area (Å²) < 4.78 is 45.9. The van der Waals surface area contributed by atoms with E-state index < -0.39 is 17.9 Å². The number of hydrogen-bond acceptors (Lipinski definition) is 16. The minimum Gasteiger partial charge on any atom is -1.00 e. The molecule has 0 amide bonds. The first-order valence-electron chi connectivity index (χ1n) is 48.3. The molecule has 25 heteroatoms. The molecule has 0 atom stereocenters. The standard InChI is InChI=1S/C30H32O3.C26H27N2O3.C24H22N2O3.C24H20O3.C20H12O5.4ClH/c1-6-11-21-17-27-25(15-19(21)4)29(23-13-9-10-14-24(23)30(31)32-8-3)26-16-20(5)22(12-7-2)18-28(26)33-27;1-6-30-26(29)20-10-8-7-9-19(20)25-21-13-11-17(27(2)3)15-23(21)31-24-16-18(28(4)5)12-14-22(24)25;1-25(2)15-9-11-19-21(13-15)29-22-14-16(26(3)4)10-12-20(22)23(19)17-7-5-6-8-18(17)24(27)28;1-3-15-9-11-19-21(13-15)27-22-14-16(4-2)10-12-20(22)23(19)17-7-5-6-8-18(17)24(25)26;21-11-5-7-15-17(9-11)25-18-10-12(22)6-8-16(18)19(15)13-3-1-2-4-14(13)20(23)24;;;;/h9-11,13-18H,6-8,12H2,1-5H3;7-16H,6H2,1-5H3;5-14H,1-4H3;3,5-14H,4H2,1-2H3,(H,25,26);1-10,21H,(H,23,24);4*1H/q;+1;;;;;;;/p-3/b21-11-;;;15-3+;;;;;. The Morgan fingerprint density at radius 3 is 1.26 bits per heavy atom. The molecule has 149 heavy (non-hydrogen) atoms. The SMILES string of the molecule is C/C=c1\ccc2c(c1)Oc1cc(CC)ccc1C=2c1ccccc1C(=O)O.CC/C=c1/cc2c(cc1C)=C(c1ccccc1C(=O)OCC)c1cc(C)c(CCC)cc1O2.CCOC(=O)c1ccccc1-c1c2ccc(=[N+](C)C)cc-2oc2cc(N(C)C)ccc12.CN(C)c1ccc2c(-c3ccccc3C(=O)O)c3ccc(=[N+](C)C)cc-3oc2c1.O=C(O)c1ccccc1-c1c2ccc(=O)cc-2oc2cc(O)ccc12.[Cl-].[Cl-].[Cl-].[Cl-]. The summed E-state index contributed by atoms with van der Waals surface area (Å²) in [7, 11) is 15.9. The summed E-state index contributed by atoms with van der Waals surface area (Å²) in [6.07, 6.45) is 8.19. The van der Waals surface area contributed by atoms with Gasteiger partial charge in [0.2, 0.25) is 10.7 Å². The first-order chi connectivity index (χ1) is 69.9. The molecule has 0 bridgehead atoms. The predicted molar refractivity (Wildman–Crippen MR) is 577 cm³/mol. The van der Waals surface area contributed by atoms with E-state index in [1.165, 1.54) is 57.8 Å². The summed E-state index contributed by atoms with van der Waals surface area (Å²) in [4.78, 5) is 76.8. The molecule has 0 spiro atoms. The van der Waals surface area contributed by atoms with Crippen LogP contribution in [-0.4, -0.2) is 120 Å². The van der Waals surface area contributed by atoms with E-state index >= 15 is 0 Å². The zero-order valence-corrected chi connectivity index (χ0v) is 88.5. The lowest BCUT2D eigenvalue weighted by Crippen LogP contribution is -3.00. The number of aromatic hydroxyl groups is 1. The molecule has 0 unspecified atom stereocenters. The normalized spacial score (nSPS) is 11.5. The van der Waals surface area contributed by atoms with Crippen LogP contribution in [0.4, 0.5) is 11.4 Å². The van der Waals surface area contributed by atoms with Crippen LogP contribution >= 0.6 is 0 Å². The molecule has 5 aliphatic heterocycles. The van der Waals surface area contributed by atoms with Crippen LogP contribution in [0.1, 0.15) is 151 Å². The number of aryl methyl sites for hydroxylation is 4. The first kappa shape index (κ1) is 111. The number of halogens is 4. The van der Waals surface area contributed by atoms with E-state index in [0.717, 1.165) is 176 Å². The molecule has 20 rings (SSSR count). The highest BCUT2D eigenvalue weighted by Gasteiger charge is 2.31. The summed E-state index contributed by atoms with van der Waals surface area (Å²) in [5.41, 5.74) is 22.8. The van der Waals surface area contributed by atoms with Crippen molar-refractivity contribution in [3.8, 4) is 96.1 Å². The van der Waals surface area contributed by atoms with Crippen molar-refractivity contribution in [3.63, 3.8) is 0 Å². The number of nitrogens with zero attached hydrogens (tertiary/aromatic N) is 4. The van der Waals surface area contributed by atoms with Gasteiger partial charge in [-0.1, -0.05) is 149 Å². The van der Waals surface area contributed by atoms with Gasteiger partial charge >= 0.3 is 29.8 Å². The monoisotopic (exact) mass is 2070 g/mol. The molecular weight excluding hydrogens is 1960 g/mol. The Morgan fingerprint density at radius 1 is 0.383 bits per heavy atom. The number of carbonyl (C=O) groups is 5. The molecule has 0 saturated heterocycles. The van der Waals surface area contributed by atoms with Gasteiger partial charge in [-0.25, -0.2) is 33.1 Å². The van der Waals surface area contributed by atoms with Crippen molar-refractivity contribution in [3.05, 3.63) is 405 Å². The quantitative estimate of drug-likeness (QED) is 0.0353. The fourth-order valence-corrected chi connectivity index (χ4v) is 18.6. The molecule has 12 aromatic carbocycles. The lowest BCUT2D eigenvalue weighted by atomic mass is 9.87. The highest BCUT2D eigenvalue weighted by molar-refractivity contribution is 6.12. The molecule has 12 aromatic rings. The number of esters is 2. The van der Waals surface area contributed by atoms with Crippen molar-refractivity contribution in [1.29, 1.82) is 0 Å². The van der Waals surface area contributed by atoms with E-state index in [2.05, 4.69) is 95.3 Å². The molecule has 3 aliphatic carbocycles. The van der Waals surface area contributed by atoms with Gasteiger partial charge in [0.25, 0.3) is 0 Å². The third-order valence-electron chi connectivity index (χ3n) is 25.8. The molecule has 4 N–H and O–H groups in total. The fraction of sp³-hybridized carbons (Fsp3) is 0.177. The largest absolute Gasteiger partial charge is 1.00 e. The number of rotatable bonds is 18. The number of anilines is 2. The summed E-state index contributed by atoms with van der Waals surface area (Å²) in [5.74, 6) is 1.48.